The standard InChI is InChI=1S/C21H46NO2/c1-4-6-7-8-9-10-11-12-13-14-15-16-17-18-19-20-21(23)22(3,24)5-2/h21,23-24H,4-20H2,1-3H3/q+1. The van der Waals surface area contributed by atoms with Gasteiger partial charge >= 0.3 is 0 Å². The SMILES string of the molecule is CCCCCCCCCCCCCCCCCC(O)[N+](C)(O)CC. The molecule has 0 aromatic heterocycles. The van der Waals surface area contributed by atoms with Crippen molar-refractivity contribution in [2.45, 2.75) is 123 Å². The first-order valence-electron chi connectivity index (χ1n) is 10.8. The number of nitrogens with zero attached hydrogens (tertiary/aromatic N) is 1. The minimum Gasteiger partial charge on any atom is -0.343 e. The van der Waals surface area contributed by atoms with Crippen LogP contribution in [-0.4, -0.2) is 34.8 Å². The van der Waals surface area contributed by atoms with Crippen molar-refractivity contribution in [2.75, 3.05) is 13.6 Å². The third kappa shape index (κ3) is 14.2. The Bertz CT molecular complexity index is 256. The van der Waals surface area contributed by atoms with E-state index in [1.807, 2.05) is 6.92 Å². The van der Waals surface area contributed by atoms with E-state index < -0.39 is 6.23 Å². The molecule has 0 saturated carbocycles. The Balaban J connectivity index is 3.18. The number of hydrogen-bond donors (Lipinski definition) is 2. The van der Waals surface area contributed by atoms with Gasteiger partial charge in [0.15, 0.2) is 0 Å². The van der Waals surface area contributed by atoms with Crippen LogP contribution in [-0.2, 0) is 0 Å². The van der Waals surface area contributed by atoms with Gasteiger partial charge < -0.3 is 5.11 Å². The van der Waals surface area contributed by atoms with Gasteiger partial charge in [0, 0.05) is 6.42 Å². The van der Waals surface area contributed by atoms with E-state index in [1.165, 1.54) is 89.9 Å². The average molecular weight is 345 g/mol. The second kappa shape index (κ2) is 16.4. The third-order valence-electron chi connectivity index (χ3n) is 5.35. The maximum atomic E-state index is 9.90. The number of hydroxylamine groups is 3. The topological polar surface area (TPSA) is 40.5 Å². The van der Waals surface area contributed by atoms with Gasteiger partial charge in [0.25, 0.3) is 0 Å². The van der Waals surface area contributed by atoms with Crippen LogP contribution >= 0.6 is 0 Å². The molecule has 2 atom stereocenters. The van der Waals surface area contributed by atoms with Crippen LogP contribution in [0.15, 0.2) is 0 Å². The van der Waals surface area contributed by atoms with Crippen molar-refractivity contribution >= 4 is 0 Å². The maximum Gasteiger partial charge on any atom is 0.220 e. The molecule has 0 fully saturated rings. The van der Waals surface area contributed by atoms with Crippen molar-refractivity contribution in [3.8, 4) is 0 Å². The summed E-state index contributed by atoms with van der Waals surface area (Å²) in [6.07, 6.45) is 20.4. The van der Waals surface area contributed by atoms with Crippen molar-refractivity contribution in [2.24, 2.45) is 0 Å². The molecule has 0 amide bonds. The molecule has 0 aliphatic heterocycles. The van der Waals surface area contributed by atoms with Crippen LogP contribution in [0.1, 0.15) is 117 Å². The zero-order valence-corrected chi connectivity index (χ0v) is 16.9. The van der Waals surface area contributed by atoms with E-state index in [2.05, 4.69) is 6.92 Å². The molecule has 24 heavy (non-hydrogen) atoms. The molecule has 0 aliphatic rings. The van der Waals surface area contributed by atoms with Crippen molar-refractivity contribution in [1.29, 1.82) is 0 Å². The van der Waals surface area contributed by atoms with Crippen LogP contribution in [0.5, 0.6) is 0 Å². The number of rotatable bonds is 18. The summed E-state index contributed by atoms with van der Waals surface area (Å²) in [6, 6.07) is 0. The van der Waals surface area contributed by atoms with E-state index in [1.54, 1.807) is 7.05 Å². The molecule has 0 bridgehead atoms. The molecule has 0 saturated heterocycles. The lowest BCUT2D eigenvalue weighted by Gasteiger charge is -2.29. The second-order valence-electron chi connectivity index (χ2n) is 7.75. The molecule has 2 N–H and O–H groups in total. The predicted octanol–water partition coefficient (Wildman–Crippen LogP) is 6.42. The summed E-state index contributed by atoms with van der Waals surface area (Å²) in [5.74, 6) is 0. The molecule has 3 heteroatoms. The first-order chi connectivity index (χ1) is 11.5. The van der Waals surface area contributed by atoms with Gasteiger partial charge in [-0.2, -0.15) is 4.65 Å². The van der Waals surface area contributed by atoms with Crippen LogP contribution in [0.2, 0.25) is 0 Å². The summed E-state index contributed by atoms with van der Waals surface area (Å²) in [4.78, 5) is 0. The van der Waals surface area contributed by atoms with Gasteiger partial charge in [-0.15, -0.1) is 0 Å². The fourth-order valence-corrected chi connectivity index (χ4v) is 3.19. The predicted molar refractivity (Wildman–Crippen MR) is 104 cm³/mol. The molecule has 0 spiro atoms. The molecule has 0 radical (unpaired) electrons. The Morgan fingerprint density at radius 1 is 0.625 bits per heavy atom. The molecular formula is C21H46NO2+. The Morgan fingerprint density at radius 2 is 0.958 bits per heavy atom. The highest BCUT2D eigenvalue weighted by Gasteiger charge is 2.26. The van der Waals surface area contributed by atoms with Crippen molar-refractivity contribution in [3.63, 3.8) is 0 Å². The lowest BCUT2D eigenvalue weighted by molar-refractivity contribution is -1.12. The molecule has 3 nitrogen and oxygen atoms in total. The van der Waals surface area contributed by atoms with Crippen molar-refractivity contribution < 1.29 is 15.0 Å². The Kier molecular flexibility index (Phi) is 16.3. The molecule has 0 rings (SSSR count). The van der Waals surface area contributed by atoms with Gasteiger partial charge in [-0.1, -0.05) is 96.8 Å². The minimum atomic E-state index is -0.628. The van der Waals surface area contributed by atoms with E-state index in [9.17, 15) is 10.3 Å². The molecule has 2 unspecified atom stereocenters. The molecular weight excluding hydrogens is 298 g/mol. The first kappa shape index (κ1) is 23.9. The first-order valence-corrected chi connectivity index (χ1v) is 10.8. The molecule has 146 valence electrons. The van der Waals surface area contributed by atoms with Crippen LogP contribution in [0.3, 0.4) is 0 Å². The highest BCUT2D eigenvalue weighted by atomic mass is 16.6. The zero-order chi connectivity index (χ0) is 18.1. The highest BCUT2D eigenvalue weighted by Crippen LogP contribution is 2.15. The van der Waals surface area contributed by atoms with Crippen LogP contribution < -0.4 is 0 Å². The average Bonchev–Trinajstić information content (AvgIpc) is 2.58. The Hall–Kier alpha value is -0.120. The number of unbranched alkanes of at least 4 members (excludes halogenated alkanes) is 14. The fraction of sp³-hybridized carbons (Fsp3) is 1.00. The van der Waals surface area contributed by atoms with E-state index in [4.69, 9.17) is 0 Å². The number of hydrogen-bond acceptors (Lipinski definition) is 2. The third-order valence-corrected chi connectivity index (χ3v) is 5.35. The lowest BCUT2D eigenvalue weighted by atomic mass is 10.0. The largest absolute Gasteiger partial charge is 0.343 e. The summed E-state index contributed by atoms with van der Waals surface area (Å²) in [7, 11) is 1.68. The van der Waals surface area contributed by atoms with Gasteiger partial charge in [-0.25, -0.2) is 5.21 Å². The summed E-state index contributed by atoms with van der Waals surface area (Å²) in [5.41, 5.74) is 0. The van der Waals surface area contributed by atoms with Gasteiger partial charge in [-0.3, -0.25) is 0 Å². The molecule has 0 aliphatic carbocycles. The van der Waals surface area contributed by atoms with Crippen molar-refractivity contribution in [1.82, 2.24) is 0 Å². The van der Waals surface area contributed by atoms with Gasteiger partial charge in [0.05, 0.1) is 0 Å². The van der Waals surface area contributed by atoms with E-state index in [-0.39, 0.29) is 4.65 Å². The lowest BCUT2D eigenvalue weighted by Crippen LogP contribution is -2.49. The molecule has 0 heterocycles. The normalized spacial score (nSPS) is 15.4. The fourth-order valence-electron chi connectivity index (χ4n) is 3.19. The highest BCUT2D eigenvalue weighted by molar-refractivity contribution is 4.50. The summed E-state index contributed by atoms with van der Waals surface area (Å²) < 4.78 is -0.265. The van der Waals surface area contributed by atoms with E-state index in [0.29, 0.717) is 13.0 Å². The Labute approximate surface area is 152 Å². The quantitative estimate of drug-likeness (QED) is 0.130. The van der Waals surface area contributed by atoms with Crippen molar-refractivity contribution in [3.05, 3.63) is 0 Å². The second-order valence-corrected chi connectivity index (χ2v) is 7.75. The monoisotopic (exact) mass is 344 g/mol. The van der Waals surface area contributed by atoms with Gasteiger partial charge in [0.2, 0.25) is 6.23 Å². The zero-order valence-electron chi connectivity index (χ0n) is 16.9. The van der Waals surface area contributed by atoms with Crippen LogP contribution in [0, 0.1) is 0 Å². The number of aliphatic hydroxyl groups excluding tert-OH is 1. The molecule has 0 aromatic rings. The summed E-state index contributed by atoms with van der Waals surface area (Å²) >= 11 is 0. The van der Waals surface area contributed by atoms with Crippen LogP contribution in [0.4, 0.5) is 0 Å². The maximum absolute atomic E-state index is 9.90. The number of quaternary nitrogens is 1. The summed E-state index contributed by atoms with van der Waals surface area (Å²) in [5, 5.41) is 19.8. The van der Waals surface area contributed by atoms with Gasteiger partial charge in [-0.05, 0) is 13.3 Å². The van der Waals surface area contributed by atoms with E-state index in [0.717, 1.165) is 6.42 Å². The smallest absolute Gasteiger partial charge is 0.220 e. The minimum absolute atomic E-state index is 0.265. The van der Waals surface area contributed by atoms with Crippen LogP contribution in [0.25, 0.3) is 0 Å². The molecule has 0 aromatic carbocycles. The number of aliphatic hydroxyl groups is 1. The Morgan fingerprint density at radius 3 is 1.29 bits per heavy atom. The van der Waals surface area contributed by atoms with Gasteiger partial charge in [0.1, 0.15) is 13.6 Å². The van der Waals surface area contributed by atoms with E-state index >= 15 is 0 Å². The summed E-state index contributed by atoms with van der Waals surface area (Å²) in [6.45, 7) is 4.73.